The number of unbranched alkanes of at least 4 members (excludes halogenated alkanes) is 1. The summed E-state index contributed by atoms with van der Waals surface area (Å²) < 4.78 is 0. The summed E-state index contributed by atoms with van der Waals surface area (Å²) in [6.45, 7) is 3.56. The minimum absolute atomic E-state index is 0.223. The molecule has 24 heavy (non-hydrogen) atoms. The van der Waals surface area contributed by atoms with Crippen LogP contribution in [0.3, 0.4) is 0 Å². The molecular formula is C15H30N4O5. The molecule has 0 aliphatic carbocycles. The van der Waals surface area contributed by atoms with Crippen LogP contribution < -0.4 is 22.1 Å². The van der Waals surface area contributed by atoms with Crippen LogP contribution in [0.5, 0.6) is 0 Å². The van der Waals surface area contributed by atoms with Gasteiger partial charge in [0.05, 0.1) is 12.6 Å². The van der Waals surface area contributed by atoms with E-state index < -0.39 is 42.5 Å². The maximum absolute atomic E-state index is 12.2. The molecule has 0 bridgehead atoms. The van der Waals surface area contributed by atoms with Gasteiger partial charge < -0.3 is 32.3 Å². The third kappa shape index (κ3) is 8.80. The first-order chi connectivity index (χ1) is 11.2. The lowest BCUT2D eigenvalue weighted by molar-refractivity contribution is -0.143. The van der Waals surface area contributed by atoms with E-state index in [1.807, 2.05) is 13.8 Å². The molecule has 0 saturated carbocycles. The number of carbonyl (C=O) groups excluding carboxylic acids is 2. The minimum Gasteiger partial charge on any atom is -0.480 e. The summed E-state index contributed by atoms with van der Waals surface area (Å²) >= 11 is 0. The Balaban J connectivity index is 4.85. The third-order valence-electron chi connectivity index (χ3n) is 3.44. The molecule has 8 N–H and O–H groups in total. The number of aliphatic carboxylic acids is 1. The molecule has 0 aromatic carbocycles. The fourth-order valence-electron chi connectivity index (χ4n) is 2.11. The second-order valence-electron chi connectivity index (χ2n) is 6.16. The summed E-state index contributed by atoms with van der Waals surface area (Å²) in [5, 5.41) is 22.6. The van der Waals surface area contributed by atoms with Gasteiger partial charge in [-0.2, -0.15) is 0 Å². The van der Waals surface area contributed by atoms with Crippen molar-refractivity contribution in [2.75, 3.05) is 13.2 Å². The topological polar surface area (TPSA) is 168 Å². The van der Waals surface area contributed by atoms with Crippen molar-refractivity contribution in [3.8, 4) is 0 Å². The Bertz CT molecular complexity index is 417. The standard InChI is InChI=1S/C15H30N4O5/c1-9(2)7-10(17)13(21)18-11(5-3-4-6-16)14(22)19-12(8-20)15(23)24/h9-12,20H,3-8,16-17H2,1-2H3,(H,18,21)(H,19,22)(H,23,24). The van der Waals surface area contributed by atoms with Crippen LogP contribution >= 0.6 is 0 Å². The minimum atomic E-state index is -1.42. The highest BCUT2D eigenvalue weighted by Gasteiger charge is 2.27. The Labute approximate surface area is 142 Å². The first-order valence-corrected chi connectivity index (χ1v) is 8.12. The van der Waals surface area contributed by atoms with E-state index in [2.05, 4.69) is 10.6 Å². The van der Waals surface area contributed by atoms with Gasteiger partial charge in [-0.05, 0) is 38.1 Å². The highest BCUT2D eigenvalue weighted by molar-refractivity contribution is 5.91. The SMILES string of the molecule is CC(C)CC(N)C(=O)NC(CCCCN)C(=O)NC(CO)C(=O)O. The summed E-state index contributed by atoms with van der Waals surface area (Å²) in [6.07, 6.45) is 2.03. The Kier molecular flexibility index (Phi) is 10.9. The fraction of sp³-hybridized carbons (Fsp3) is 0.800. The van der Waals surface area contributed by atoms with E-state index in [1.54, 1.807) is 0 Å². The number of nitrogens with two attached hydrogens (primary N) is 2. The van der Waals surface area contributed by atoms with E-state index in [0.29, 0.717) is 32.2 Å². The summed E-state index contributed by atoms with van der Waals surface area (Å²) in [5.41, 5.74) is 11.2. The molecule has 9 nitrogen and oxygen atoms in total. The molecule has 3 atom stereocenters. The number of carboxylic acids is 1. The zero-order valence-electron chi connectivity index (χ0n) is 14.3. The van der Waals surface area contributed by atoms with E-state index in [0.717, 1.165) is 0 Å². The van der Waals surface area contributed by atoms with Gasteiger partial charge in [0.2, 0.25) is 11.8 Å². The molecule has 3 unspecified atom stereocenters. The zero-order valence-corrected chi connectivity index (χ0v) is 14.3. The van der Waals surface area contributed by atoms with Crippen molar-refractivity contribution in [1.29, 1.82) is 0 Å². The van der Waals surface area contributed by atoms with E-state index in [4.69, 9.17) is 21.7 Å². The number of aliphatic hydroxyl groups is 1. The van der Waals surface area contributed by atoms with Crippen molar-refractivity contribution in [2.24, 2.45) is 17.4 Å². The van der Waals surface area contributed by atoms with Crippen LogP contribution in [-0.2, 0) is 14.4 Å². The number of amides is 2. The van der Waals surface area contributed by atoms with Crippen molar-refractivity contribution in [3.05, 3.63) is 0 Å². The van der Waals surface area contributed by atoms with E-state index in [-0.39, 0.29) is 5.92 Å². The Morgan fingerprint density at radius 3 is 2.08 bits per heavy atom. The van der Waals surface area contributed by atoms with Gasteiger partial charge in [0.15, 0.2) is 0 Å². The van der Waals surface area contributed by atoms with Gasteiger partial charge in [-0.3, -0.25) is 9.59 Å². The van der Waals surface area contributed by atoms with Gasteiger partial charge in [-0.25, -0.2) is 4.79 Å². The second kappa shape index (κ2) is 11.8. The molecule has 0 spiro atoms. The maximum Gasteiger partial charge on any atom is 0.328 e. The number of nitrogens with one attached hydrogen (secondary N) is 2. The number of hydrogen-bond donors (Lipinski definition) is 6. The lowest BCUT2D eigenvalue weighted by Gasteiger charge is -2.22. The highest BCUT2D eigenvalue weighted by atomic mass is 16.4. The predicted octanol–water partition coefficient (Wildman–Crippen LogP) is -1.46. The number of rotatable bonds is 12. The predicted molar refractivity (Wildman–Crippen MR) is 88.9 cm³/mol. The van der Waals surface area contributed by atoms with Gasteiger partial charge in [0.1, 0.15) is 12.1 Å². The van der Waals surface area contributed by atoms with Crippen molar-refractivity contribution in [2.45, 2.75) is 57.7 Å². The fourth-order valence-corrected chi connectivity index (χ4v) is 2.11. The molecule has 0 aliphatic heterocycles. The largest absolute Gasteiger partial charge is 0.480 e. The molecule has 140 valence electrons. The van der Waals surface area contributed by atoms with Crippen molar-refractivity contribution < 1.29 is 24.6 Å². The number of carboxylic acid groups (broad SMARTS) is 1. The Morgan fingerprint density at radius 1 is 1.04 bits per heavy atom. The zero-order chi connectivity index (χ0) is 18.7. The number of aliphatic hydroxyl groups excluding tert-OH is 1. The first kappa shape index (κ1) is 22.3. The van der Waals surface area contributed by atoms with Crippen molar-refractivity contribution in [3.63, 3.8) is 0 Å². The molecular weight excluding hydrogens is 316 g/mol. The maximum atomic E-state index is 12.2. The summed E-state index contributed by atoms with van der Waals surface area (Å²) in [4.78, 5) is 35.2. The molecule has 2 amide bonds. The third-order valence-corrected chi connectivity index (χ3v) is 3.44. The van der Waals surface area contributed by atoms with Crippen LogP contribution in [0.4, 0.5) is 0 Å². The summed E-state index contributed by atoms with van der Waals surface area (Å²) in [5.74, 6) is -2.26. The molecule has 0 saturated heterocycles. The molecule has 9 heteroatoms. The normalized spacial score (nSPS) is 14.8. The van der Waals surface area contributed by atoms with Gasteiger partial charge in [0.25, 0.3) is 0 Å². The average molecular weight is 346 g/mol. The molecule has 0 aromatic rings. The monoisotopic (exact) mass is 346 g/mol. The van der Waals surface area contributed by atoms with Gasteiger partial charge in [0, 0.05) is 0 Å². The quantitative estimate of drug-likeness (QED) is 0.235. The van der Waals surface area contributed by atoms with Crippen molar-refractivity contribution in [1.82, 2.24) is 10.6 Å². The first-order valence-electron chi connectivity index (χ1n) is 8.12. The molecule has 0 fully saturated rings. The Morgan fingerprint density at radius 2 is 1.62 bits per heavy atom. The van der Waals surface area contributed by atoms with Crippen LogP contribution in [0.25, 0.3) is 0 Å². The molecule has 0 aromatic heterocycles. The van der Waals surface area contributed by atoms with Crippen LogP contribution in [0.2, 0.25) is 0 Å². The number of hydrogen-bond acceptors (Lipinski definition) is 6. The second-order valence-corrected chi connectivity index (χ2v) is 6.16. The Hall–Kier alpha value is -1.71. The van der Waals surface area contributed by atoms with Crippen LogP contribution in [0.15, 0.2) is 0 Å². The lowest BCUT2D eigenvalue weighted by atomic mass is 10.0. The van der Waals surface area contributed by atoms with Crippen LogP contribution in [0, 0.1) is 5.92 Å². The van der Waals surface area contributed by atoms with Crippen LogP contribution in [-0.4, -0.2) is 59.3 Å². The lowest BCUT2D eigenvalue weighted by Crippen LogP contribution is -2.55. The van der Waals surface area contributed by atoms with Gasteiger partial charge in [-0.1, -0.05) is 13.8 Å². The van der Waals surface area contributed by atoms with E-state index in [1.165, 1.54) is 0 Å². The molecule has 0 radical (unpaired) electrons. The molecule has 0 aliphatic rings. The number of carbonyl (C=O) groups is 3. The highest BCUT2D eigenvalue weighted by Crippen LogP contribution is 2.06. The van der Waals surface area contributed by atoms with E-state index in [9.17, 15) is 14.4 Å². The molecule has 0 rings (SSSR count). The molecule has 0 heterocycles. The smallest absolute Gasteiger partial charge is 0.328 e. The summed E-state index contributed by atoms with van der Waals surface area (Å²) in [7, 11) is 0. The van der Waals surface area contributed by atoms with Crippen molar-refractivity contribution >= 4 is 17.8 Å². The van der Waals surface area contributed by atoms with Gasteiger partial charge in [-0.15, -0.1) is 0 Å². The van der Waals surface area contributed by atoms with Gasteiger partial charge >= 0.3 is 5.97 Å². The summed E-state index contributed by atoms with van der Waals surface area (Å²) in [6, 6.07) is -3.09. The van der Waals surface area contributed by atoms with E-state index >= 15 is 0 Å². The van der Waals surface area contributed by atoms with Crippen LogP contribution in [0.1, 0.15) is 39.5 Å². The average Bonchev–Trinajstić information content (AvgIpc) is 2.50.